The Kier molecular flexibility index (Phi) is 25.1. The fraction of sp³-hybridized carbons (Fsp3) is 0.842. The molecule has 138 valence electrons. The Bertz CT molecular complexity index is 283. The van der Waals surface area contributed by atoms with Crippen LogP contribution in [0.2, 0.25) is 0 Å². The van der Waals surface area contributed by atoms with Crippen LogP contribution < -0.4 is 29.6 Å². The SMILES string of the molecule is CCCCCC[C-](C)C(CC)CCCCC.O=C(O)CC(=O)O.[Na+]. The normalized spacial score (nSPS) is 11.2. The fourth-order valence-electron chi connectivity index (χ4n) is 2.60. The summed E-state index contributed by atoms with van der Waals surface area (Å²) in [6, 6.07) is 0. The van der Waals surface area contributed by atoms with Crippen LogP contribution in [0.3, 0.4) is 0 Å². The number of aliphatic carboxylic acids is 2. The molecule has 0 saturated carbocycles. The molecule has 0 spiro atoms. The van der Waals surface area contributed by atoms with Crippen molar-refractivity contribution < 1.29 is 49.4 Å². The van der Waals surface area contributed by atoms with Gasteiger partial charge in [-0.05, 0) is 0 Å². The smallest absolute Gasteiger partial charge is 0.481 e. The van der Waals surface area contributed by atoms with Gasteiger partial charge < -0.3 is 16.1 Å². The summed E-state index contributed by atoms with van der Waals surface area (Å²) in [5, 5.41) is 15.4. The molecule has 0 aromatic rings. The van der Waals surface area contributed by atoms with Crippen molar-refractivity contribution >= 4 is 11.9 Å². The Morgan fingerprint density at radius 1 is 0.875 bits per heavy atom. The molecule has 0 heterocycles. The van der Waals surface area contributed by atoms with Crippen LogP contribution in [-0.2, 0) is 9.59 Å². The van der Waals surface area contributed by atoms with E-state index in [0.29, 0.717) is 0 Å². The molecule has 5 heteroatoms. The Labute approximate surface area is 171 Å². The van der Waals surface area contributed by atoms with Gasteiger partial charge in [0.25, 0.3) is 0 Å². The van der Waals surface area contributed by atoms with E-state index in [-0.39, 0.29) is 29.6 Å². The van der Waals surface area contributed by atoms with Gasteiger partial charge in [-0.25, -0.2) is 0 Å². The predicted octanol–water partition coefficient (Wildman–Crippen LogP) is 2.71. The average Bonchev–Trinajstić information content (AvgIpc) is 2.47. The predicted molar refractivity (Wildman–Crippen MR) is 95.5 cm³/mol. The molecule has 24 heavy (non-hydrogen) atoms. The second kappa shape index (κ2) is 21.0. The summed E-state index contributed by atoms with van der Waals surface area (Å²) in [4.78, 5) is 18.9. The second-order valence-electron chi connectivity index (χ2n) is 6.22. The summed E-state index contributed by atoms with van der Waals surface area (Å²) in [5.41, 5.74) is 0. The van der Waals surface area contributed by atoms with Crippen LogP contribution in [0.4, 0.5) is 0 Å². The maximum Gasteiger partial charge on any atom is 1.00 e. The topological polar surface area (TPSA) is 74.6 Å². The second-order valence-corrected chi connectivity index (χ2v) is 6.22. The first kappa shape index (κ1) is 28.7. The van der Waals surface area contributed by atoms with Crippen molar-refractivity contribution in [3.63, 3.8) is 0 Å². The van der Waals surface area contributed by atoms with E-state index in [2.05, 4.69) is 27.7 Å². The molecule has 0 aliphatic heterocycles. The van der Waals surface area contributed by atoms with Crippen LogP contribution in [0.25, 0.3) is 0 Å². The molecular weight excluding hydrogens is 315 g/mol. The number of rotatable bonds is 13. The van der Waals surface area contributed by atoms with Gasteiger partial charge >= 0.3 is 41.5 Å². The van der Waals surface area contributed by atoms with E-state index in [0.717, 1.165) is 5.92 Å². The van der Waals surface area contributed by atoms with Crippen molar-refractivity contribution in [2.75, 3.05) is 0 Å². The van der Waals surface area contributed by atoms with Gasteiger partial charge in [-0.2, -0.15) is 19.3 Å². The van der Waals surface area contributed by atoms with E-state index in [1.165, 1.54) is 64.2 Å². The molecule has 0 aromatic heterocycles. The van der Waals surface area contributed by atoms with Crippen molar-refractivity contribution in [3.05, 3.63) is 5.92 Å². The van der Waals surface area contributed by atoms with Gasteiger partial charge in [-0.15, -0.1) is 0 Å². The van der Waals surface area contributed by atoms with E-state index in [4.69, 9.17) is 10.2 Å². The molecule has 0 bridgehead atoms. The van der Waals surface area contributed by atoms with Crippen LogP contribution >= 0.6 is 0 Å². The van der Waals surface area contributed by atoms with Crippen LogP contribution in [0.15, 0.2) is 0 Å². The minimum atomic E-state index is -1.31. The van der Waals surface area contributed by atoms with E-state index >= 15 is 0 Å². The molecule has 0 aromatic carbocycles. The zero-order valence-corrected chi connectivity index (χ0v) is 18.6. The van der Waals surface area contributed by atoms with E-state index in [1.54, 1.807) is 5.92 Å². The first-order valence-corrected chi connectivity index (χ1v) is 9.14. The summed E-state index contributed by atoms with van der Waals surface area (Å²) >= 11 is 0. The maximum absolute atomic E-state index is 9.43. The largest absolute Gasteiger partial charge is 1.00 e. The summed E-state index contributed by atoms with van der Waals surface area (Å²) in [7, 11) is 0. The molecule has 0 aliphatic rings. The van der Waals surface area contributed by atoms with Gasteiger partial charge in [0, 0.05) is 0 Å². The first-order chi connectivity index (χ1) is 10.9. The third-order valence-electron chi connectivity index (χ3n) is 4.07. The Morgan fingerprint density at radius 2 is 1.38 bits per heavy atom. The standard InChI is InChI=1S/C16H33.C3H4O4.Na/c1-5-8-10-12-13-15(4)16(7-3)14-11-9-6-2;4-2(5)1-3(6)7;/h16H,5-14H2,1-4H3;1H2,(H,4,5)(H,6,7);/q-1;;+1. The molecule has 1 unspecified atom stereocenters. The van der Waals surface area contributed by atoms with Gasteiger partial charge in [0.05, 0.1) is 0 Å². The van der Waals surface area contributed by atoms with Crippen LogP contribution in [0, 0.1) is 11.8 Å². The number of hydrogen-bond donors (Lipinski definition) is 2. The summed E-state index contributed by atoms with van der Waals surface area (Å²) in [5.74, 6) is 0.0582. The average molecular weight is 352 g/mol. The van der Waals surface area contributed by atoms with Crippen LogP contribution in [0.1, 0.15) is 98.3 Å². The molecular formula is C19H37NaO4. The van der Waals surface area contributed by atoms with Crippen molar-refractivity contribution in [3.8, 4) is 0 Å². The maximum atomic E-state index is 9.43. The third-order valence-corrected chi connectivity index (χ3v) is 4.07. The molecule has 0 rings (SSSR count). The van der Waals surface area contributed by atoms with E-state index < -0.39 is 18.4 Å². The zero-order chi connectivity index (χ0) is 18.1. The van der Waals surface area contributed by atoms with Crippen molar-refractivity contribution in [2.24, 2.45) is 5.92 Å². The van der Waals surface area contributed by atoms with Crippen molar-refractivity contribution in [1.29, 1.82) is 0 Å². The quantitative estimate of drug-likeness (QED) is 0.231. The van der Waals surface area contributed by atoms with E-state index in [1.807, 2.05) is 0 Å². The molecule has 4 nitrogen and oxygen atoms in total. The molecule has 0 radical (unpaired) electrons. The van der Waals surface area contributed by atoms with E-state index in [9.17, 15) is 9.59 Å². The number of carboxylic acids is 2. The zero-order valence-electron chi connectivity index (χ0n) is 16.6. The van der Waals surface area contributed by atoms with Crippen molar-refractivity contribution in [2.45, 2.75) is 98.3 Å². The number of hydrogen-bond acceptors (Lipinski definition) is 2. The number of unbranched alkanes of at least 4 members (excludes halogenated alkanes) is 5. The summed E-state index contributed by atoms with van der Waals surface area (Å²) in [6.07, 6.45) is 13.2. The summed E-state index contributed by atoms with van der Waals surface area (Å²) < 4.78 is 0. The molecule has 0 amide bonds. The minimum absolute atomic E-state index is 0. The molecule has 0 aliphatic carbocycles. The molecule has 1 atom stereocenters. The Morgan fingerprint density at radius 3 is 1.75 bits per heavy atom. The number of carboxylic acid groups (broad SMARTS) is 2. The Balaban J connectivity index is -0.000000468. The third kappa shape index (κ3) is 21.9. The van der Waals surface area contributed by atoms with Gasteiger partial charge in [0.1, 0.15) is 6.42 Å². The van der Waals surface area contributed by atoms with Gasteiger partial charge in [-0.1, -0.05) is 78.6 Å². The molecule has 0 fully saturated rings. The monoisotopic (exact) mass is 352 g/mol. The van der Waals surface area contributed by atoms with Crippen LogP contribution in [0.5, 0.6) is 0 Å². The van der Waals surface area contributed by atoms with Crippen molar-refractivity contribution in [1.82, 2.24) is 0 Å². The molecule has 0 saturated heterocycles. The summed E-state index contributed by atoms with van der Waals surface area (Å²) in [6.45, 7) is 9.33. The molecule has 2 N–H and O–H groups in total. The number of carbonyl (C=O) groups is 2. The minimum Gasteiger partial charge on any atom is -0.481 e. The van der Waals surface area contributed by atoms with Gasteiger partial charge in [0.15, 0.2) is 0 Å². The fourth-order valence-corrected chi connectivity index (χ4v) is 2.60. The van der Waals surface area contributed by atoms with Crippen LogP contribution in [-0.4, -0.2) is 22.2 Å². The first-order valence-electron chi connectivity index (χ1n) is 9.14. The Hall–Kier alpha value is -0.0600. The van der Waals surface area contributed by atoms with Gasteiger partial charge in [-0.3, -0.25) is 9.59 Å². The van der Waals surface area contributed by atoms with Gasteiger partial charge in [0.2, 0.25) is 0 Å².